The molecule has 1 fully saturated rings. The standard InChI is InChI=1S/C9H17NO3.ClH/c1-9(2)6-10-5-7(13-9)4-8(11)12-3;/h7,10H,4-6H2,1-3H3;1H. The van der Waals surface area contributed by atoms with E-state index in [9.17, 15) is 4.79 Å². The zero-order valence-corrected chi connectivity index (χ0v) is 9.65. The molecule has 1 heterocycles. The van der Waals surface area contributed by atoms with E-state index in [1.807, 2.05) is 13.8 Å². The molecule has 0 saturated carbocycles. The van der Waals surface area contributed by atoms with Crippen LogP contribution in [0.3, 0.4) is 0 Å². The van der Waals surface area contributed by atoms with Gasteiger partial charge in [-0.05, 0) is 13.8 Å². The van der Waals surface area contributed by atoms with Crippen LogP contribution >= 0.6 is 12.4 Å². The Morgan fingerprint density at radius 2 is 2.29 bits per heavy atom. The molecule has 1 atom stereocenters. The molecule has 1 unspecified atom stereocenters. The molecular formula is C9H18ClNO3. The molecule has 0 aromatic heterocycles. The van der Waals surface area contributed by atoms with Crippen molar-refractivity contribution in [1.29, 1.82) is 0 Å². The molecule has 0 bridgehead atoms. The van der Waals surface area contributed by atoms with Crippen molar-refractivity contribution in [3.63, 3.8) is 0 Å². The van der Waals surface area contributed by atoms with Crippen LogP contribution in [0.1, 0.15) is 20.3 Å². The van der Waals surface area contributed by atoms with Crippen LogP contribution in [0.25, 0.3) is 0 Å². The molecule has 0 radical (unpaired) electrons. The molecule has 1 aliphatic rings. The number of ether oxygens (including phenoxy) is 2. The molecule has 84 valence electrons. The molecule has 1 saturated heterocycles. The highest BCUT2D eigenvalue weighted by atomic mass is 35.5. The number of rotatable bonds is 2. The average Bonchev–Trinajstić information content (AvgIpc) is 2.02. The van der Waals surface area contributed by atoms with E-state index in [0.29, 0.717) is 6.42 Å². The van der Waals surface area contributed by atoms with Gasteiger partial charge in [0.1, 0.15) is 0 Å². The minimum absolute atomic E-state index is 0. The first-order valence-electron chi connectivity index (χ1n) is 4.49. The second kappa shape index (κ2) is 5.53. The SMILES string of the molecule is COC(=O)CC1CNCC(C)(C)O1.Cl. The highest BCUT2D eigenvalue weighted by molar-refractivity contribution is 5.85. The van der Waals surface area contributed by atoms with E-state index >= 15 is 0 Å². The van der Waals surface area contributed by atoms with Crippen LogP contribution in [-0.2, 0) is 14.3 Å². The number of hydrogen-bond acceptors (Lipinski definition) is 4. The first-order valence-corrected chi connectivity index (χ1v) is 4.49. The van der Waals surface area contributed by atoms with Gasteiger partial charge in [0, 0.05) is 13.1 Å². The fraction of sp³-hybridized carbons (Fsp3) is 0.889. The van der Waals surface area contributed by atoms with E-state index in [1.54, 1.807) is 0 Å². The molecule has 5 heteroatoms. The summed E-state index contributed by atoms with van der Waals surface area (Å²) >= 11 is 0. The molecule has 14 heavy (non-hydrogen) atoms. The third-order valence-electron chi connectivity index (χ3n) is 2.03. The molecule has 0 amide bonds. The minimum atomic E-state index is -0.218. The summed E-state index contributed by atoms with van der Waals surface area (Å²) in [4.78, 5) is 11.0. The molecule has 1 aliphatic heterocycles. The number of morpholine rings is 1. The lowest BCUT2D eigenvalue weighted by Crippen LogP contribution is -2.51. The number of esters is 1. The van der Waals surface area contributed by atoms with E-state index in [0.717, 1.165) is 13.1 Å². The highest BCUT2D eigenvalue weighted by Gasteiger charge is 2.29. The summed E-state index contributed by atoms with van der Waals surface area (Å²) in [5.74, 6) is -0.218. The Labute approximate surface area is 90.7 Å². The number of nitrogens with one attached hydrogen (secondary N) is 1. The fourth-order valence-corrected chi connectivity index (χ4v) is 1.45. The summed E-state index contributed by atoms with van der Waals surface area (Å²) < 4.78 is 10.3. The van der Waals surface area contributed by atoms with Crippen molar-refractivity contribution in [3.8, 4) is 0 Å². The Hall–Kier alpha value is -0.320. The van der Waals surface area contributed by atoms with Crippen molar-refractivity contribution in [3.05, 3.63) is 0 Å². The second-order valence-electron chi connectivity index (χ2n) is 3.91. The predicted octanol–water partition coefficient (Wildman–Crippen LogP) is 0.738. The summed E-state index contributed by atoms with van der Waals surface area (Å²) in [5, 5.41) is 3.22. The van der Waals surface area contributed by atoms with Crippen molar-refractivity contribution in [2.24, 2.45) is 0 Å². The molecule has 1 N–H and O–H groups in total. The Balaban J connectivity index is 0.00000169. The molecular weight excluding hydrogens is 206 g/mol. The zero-order chi connectivity index (χ0) is 9.90. The van der Waals surface area contributed by atoms with Gasteiger partial charge < -0.3 is 14.8 Å². The molecule has 1 rings (SSSR count). The van der Waals surface area contributed by atoms with Gasteiger partial charge in [-0.25, -0.2) is 0 Å². The average molecular weight is 224 g/mol. The Bertz CT molecular complexity index is 196. The van der Waals surface area contributed by atoms with E-state index in [-0.39, 0.29) is 30.1 Å². The van der Waals surface area contributed by atoms with Gasteiger partial charge in [-0.2, -0.15) is 0 Å². The normalized spacial score (nSPS) is 24.9. The van der Waals surface area contributed by atoms with Gasteiger partial charge in [0.2, 0.25) is 0 Å². The second-order valence-corrected chi connectivity index (χ2v) is 3.91. The van der Waals surface area contributed by atoms with Crippen molar-refractivity contribution >= 4 is 18.4 Å². The predicted molar refractivity (Wildman–Crippen MR) is 55.7 cm³/mol. The summed E-state index contributed by atoms with van der Waals surface area (Å²) in [6, 6.07) is 0. The maximum absolute atomic E-state index is 11.0. The van der Waals surface area contributed by atoms with Crippen molar-refractivity contribution in [2.75, 3.05) is 20.2 Å². The molecule has 0 aromatic rings. The van der Waals surface area contributed by atoms with Crippen LogP contribution in [0.2, 0.25) is 0 Å². The monoisotopic (exact) mass is 223 g/mol. The first-order chi connectivity index (χ1) is 6.03. The summed E-state index contributed by atoms with van der Waals surface area (Å²) in [6.07, 6.45) is 0.267. The zero-order valence-electron chi connectivity index (χ0n) is 8.83. The summed E-state index contributed by atoms with van der Waals surface area (Å²) in [6.45, 7) is 5.55. The number of carbonyl (C=O) groups excluding carboxylic acids is 1. The smallest absolute Gasteiger partial charge is 0.308 e. The van der Waals surface area contributed by atoms with Gasteiger partial charge in [0.25, 0.3) is 0 Å². The quantitative estimate of drug-likeness (QED) is 0.702. The molecule has 0 spiro atoms. The summed E-state index contributed by atoms with van der Waals surface area (Å²) in [7, 11) is 1.39. The van der Waals surface area contributed by atoms with Gasteiger partial charge >= 0.3 is 5.97 Å². The molecule has 4 nitrogen and oxygen atoms in total. The lowest BCUT2D eigenvalue weighted by molar-refractivity contribution is -0.150. The lowest BCUT2D eigenvalue weighted by atomic mass is 10.1. The van der Waals surface area contributed by atoms with Gasteiger partial charge in [0.05, 0.1) is 25.2 Å². The number of hydrogen-bond donors (Lipinski definition) is 1. The van der Waals surface area contributed by atoms with E-state index in [4.69, 9.17) is 4.74 Å². The van der Waals surface area contributed by atoms with Crippen LogP contribution in [0.4, 0.5) is 0 Å². The number of halogens is 1. The Morgan fingerprint density at radius 1 is 1.64 bits per heavy atom. The van der Waals surface area contributed by atoms with Crippen LogP contribution in [-0.4, -0.2) is 37.9 Å². The maximum Gasteiger partial charge on any atom is 0.308 e. The number of methoxy groups -OCH3 is 1. The lowest BCUT2D eigenvalue weighted by Gasteiger charge is -2.36. The molecule has 0 aromatic carbocycles. The minimum Gasteiger partial charge on any atom is -0.469 e. The van der Waals surface area contributed by atoms with Gasteiger partial charge in [-0.1, -0.05) is 0 Å². The van der Waals surface area contributed by atoms with E-state index in [1.165, 1.54) is 7.11 Å². The van der Waals surface area contributed by atoms with Crippen LogP contribution in [0, 0.1) is 0 Å². The first kappa shape index (κ1) is 13.7. The van der Waals surface area contributed by atoms with E-state index in [2.05, 4.69) is 10.1 Å². The highest BCUT2D eigenvalue weighted by Crippen LogP contribution is 2.17. The van der Waals surface area contributed by atoms with Gasteiger partial charge in [0.15, 0.2) is 0 Å². The maximum atomic E-state index is 11.0. The number of carbonyl (C=O) groups is 1. The van der Waals surface area contributed by atoms with Crippen LogP contribution in [0.5, 0.6) is 0 Å². The van der Waals surface area contributed by atoms with Crippen molar-refractivity contribution < 1.29 is 14.3 Å². The Kier molecular flexibility index (Phi) is 5.41. The van der Waals surface area contributed by atoms with E-state index < -0.39 is 0 Å². The Morgan fingerprint density at radius 3 is 2.79 bits per heavy atom. The fourth-order valence-electron chi connectivity index (χ4n) is 1.45. The third-order valence-corrected chi connectivity index (χ3v) is 2.03. The molecule has 0 aliphatic carbocycles. The topological polar surface area (TPSA) is 47.6 Å². The van der Waals surface area contributed by atoms with Crippen LogP contribution in [0.15, 0.2) is 0 Å². The van der Waals surface area contributed by atoms with Crippen molar-refractivity contribution in [1.82, 2.24) is 5.32 Å². The van der Waals surface area contributed by atoms with Crippen LogP contribution < -0.4 is 5.32 Å². The third kappa shape index (κ3) is 4.26. The van der Waals surface area contributed by atoms with Crippen molar-refractivity contribution in [2.45, 2.75) is 32.0 Å². The largest absolute Gasteiger partial charge is 0.469 e. The summed E-state index contributed by atoms with van der Waals surface area (Å²) in [5.41, 5.74) is -0.184. The van der Waals surface area contributed by atoms with Gasteiger partial charge in [-0.15, -0.1) is 12.4 Å². The van der Waals surface area contributed by atoms with Gasteiger partial charge in [-0.3, -0.25) is 4.79 Å².